The molecule has 0 radical (unpaired) electrons. The summed E-state index contributed by atoms with van der Waals surface area (Å²) >= 11 is 0. The lowest BCUT2D eigenvalue weighted by Gasteiger charge is -2.12. The van der Waals surface area contributed by atoms with Gasteiger partial charge in [0.05, 0.1) is 18.9 Å². The molecule has 3 rings (SSSR count). The van der Waals surface area contributed by atoms with Crippen molar-refractivity contribution in [2.45, 2.75) is 20.8 Å². The maximum absolute atomic E-state index is 12.7. The zero-order valence-electron chi connectivity index (χ0n) is 16.7. The molecule has 0 saturated heterocycles. The average molecular weight is 392 g/mol. The first kappa shape index (κ1) is 20.1. The summed E-state index contributed by atoms with van der Waals surface area (Å²) in [4.78, 5) is 21.4. The second-order valence-electron chi connectivity index (χ2n) is 6.15. The summed E-state index contributed by atoms with van der Waals surface area (Å²) in [7, 11) is 0. The van der Waals surface area contributed by atoms with E-state index in [1.807, 2.05) is 56.3 Å². The molecule has 29 heavy (non-hydrogen) atoms. The van der Waals surface area contributed by atoms with Crippen molar-refractivity contribution >= 4 is 23.1 Å². The Morgan fingerprint density at radius 3 is 2.41 bits per heavy atom. The average Bonchev–Trinajstić information content (AvgIpc) is 2.71. The van der Waals surface area contributed by atoms with Crippen molar-refractivity contribution in [2.75, 3.05) is 23.8 Å². The van der Waals surface area contributed by atoms with Crippen molar-refractivity contribution in [1.29, 1.82) is 0 Å². The highest BCUT2D eigenvalue weighted by Crippen LogP contribution is 2.25. The predicted octanol–water partition coefficient (Wildman–Crippen LogP) is 4.58. The van der Waals surface area contributed by atoms with E-state index in [-0.39, 0.29) is 11.6 Å². The number of hydrogen-bond donors (Lipinski definition) is 2. The van der Waals surface area contributed by atoms with E-state index in [2.05, 4.69) is 20.6 Å². The Labute approximate surface area is 170 Å². The van der Waals surface area contributed by atoms with E-state index in [1.165, 1.54) is 0 Å². The largest absolute Gasteiger partial charge is 0.494 e. The van der Waals surface area contributed by atoms with Crippen LogP contribution in [0.2, 0.25) is 0 Å². The standard InChI is InChI=1S/C22H24N4O3/c1-4-28-17-12-10-16(11-13-17)25-21-14-19(23-15(3)24-21)22(27)26-18-8-6-7-9-20(18)29-5-2/h6-14H,4-5H2,1-3H3,(H,26,27)(H,23,24,25). The summed E-state index contributed by atoms with van der Waals surface area (Å²) in [5, 5.41) is 6.05. The van der Waals surface area contributed by atoms with Gasteiger partial charge in [0.1, 0.15) is 28.8 Å². The highest BCUT2D eigenvalue weighted by atomic mass is 16.5. The minimum absolute atomic E-state index is 0.261. The number of para-hydroxylation sites is 2. The van der Waals surface area contributed by atoms with Gasteiger partial charge in [-0.2, -0.15) is 0 Å². The van der Waals surface area contributed by atoms with E-state index in [0.717, 1.165) is 11.4 Å². The molecule has 0 saturated carbocycles. The zero-order chi connectivity index (χ0) is 20.6. The van der Waals surface area contributed by atoms with Crippen molar-refractivity contribution in [3.05, 3.63) is 66.1 Å². The molecule has 2 aromatic carbocycles. The molecule has 2 N–H and O–H groups in total. The number of aryl methyl sites for hydroxylation is 1. The van der Waals surface area contributed by atoms with Crippen LogP contribution in [0.4, 0.5) is 17.2 Å². The molecule has 0 aliphatic rings. The number of rotatable bonds is 8. The van der Waals surface area contributed by atoms with Gasteiger partial charge in [-0.15, -0.1) is 0 Å². The van der Waals surface area contributed by atoms with Crippen LogP contribution in [0.25, 0.3) is 0 Å². The maximum Gasteiger partial charge on any atom is 0.274 e. The fraction of sp³-hybridized carbons (Fsp3) is 0.227. The van der Waals surface area contributed by atoms with Crippen molar-refractivity contribution < 1.29 is 14.3 Å². The smallest absolute Gasteiger partial charge is 0.274 e. The van der Waals surface area contributed by atoms with Gasteiger partial charge in [0, 0.05) is 11.8 Å². The molecule has 0 atom stereocenters. The number of benzene rings is 2. The number of carbonyl (C=O) groups excluding carboxylic acids is 1. The molecule has 7 heteroatoms. The number of nitrogens with one attached hydrogen (secondary N) is 2. The number of hydrogen-bond acceptors (Lipinski definition) is 6. The van der Waals surface area contributed by atoms with Gasteiger partial charge in [-0.05, 0) is 57.2 Å². The lowest BCUT2D eigenvalue weighted by molar-refractivity contribution is 0.102. The first-order chi connectivity index (χ1) is 14.1. The molecule has 150 valence electrons. The summed E-state index contributed by atoms with van der Waals surface area (Å²) in [6.07, 6.45) is 0. The molecule has 1 heterocycles. The van der Waals surface area contributed by atoms with Crippen LogP contribution in [0.15, 0.2) is 54.6 Å². The van der Waals surface area contributed by atoms with Crippen LogP contribution in [-0.4, -0.2) is 29.1 Å². The fourth-order valence-electron chi connectivity index (χ4n) is 2.73. The van der Waals surface area contributed by atoms with Crippen LogP contribution in [0.1, 0.15) is 30.2 Å². The lowest BCUT2D eigenvalue weighted by atomic mass is 10.2. The Morgan fingerprint density at radius 1 is 0.966 bits per heavy atom. The van der Waals surface area contributed by atoms with E-state index in [9.17, 15) is 4.79 Å². The Bertz CT molecular complexity index is 974. The van der Waals surface area contributed by atoms with Gasteiger partial charge in [0.2, 0.25) is 0 Å². The number of nitrogens with zero attached hydrogens (tertiary/aromatic N) is 2. The molecule has 0 spiro atoms. The zero-order valence-corrected chi connectivity index (χ0v) is 16.7. The molecule has 0 bridgehead atoms. The topological polar surface area (TPSA) is 85.4 Å². The summed E-state index contributed by atoms with van der Waals surface area (Å²) < 4.78 is 11.0. The second kappa shape index (κ2) is 9.54. The fourth-order valence-corrected chi connectivity index (χ4v) is 2.73. The molecular formula is C22H24N4O3. The van der Waals surface area contributed by atoms with Gasteiger partial charge in [0.15, 0.2) is 0 Å². The van der Waals surface area contributed by atoms with Gasteiger partial charge in [0.25, 0.3) is 5.91 Å². The number of aromatic nitrogens is 2. The molecule has 7 nitrogen and oxygen atoms in total. The SMILES string of the molecule is CCOc1ccc(Nc2cc(C(=O)Nc3ccccc3OCC)nc(C)n2)cc1. The monoisotopic (exact) mass is 392 g/mol. The molecule has 1 aromatic heterocycles. The van der Waals surface area contributed by atoms with Crippen LogP contribution in [0.5, 0.6) is 11.5 Å². The highest BCUT2D eigenvalue weighted by molar-refractivity contribution is 6.04. The Morgan fingerprint density at radius 2 is 1.69 bits per heavy atom. The van der Waals surface area contributed by atoms with Gasteiger partial charge in [-0.3, -0.25) is 4.79 Å². The second-order valence-corrected chi connectivity index (χ2v) is 6.15. The third-order valence-electron chi connectivity index (χ3n) is 3.94. The summed E-state index contributed by atoms with van der Waals surface area (Å²) in [6.45, 7) is 6.70. The van der Waals surface area contributed by atoms with E-state index in [1.54, 1.807) is 19.1 Å². The quantitative estimate of drug-likeness (QED) is 0.584. The third kappa shape index (κ3) is 5.44. The van der Waals surface area contributed by atoms with Gasteiger partial charge < -0.3 is 20.1 Å². The van der Waals surface area contributed by atoms with E-state index < -0.39 is 0 Å². The van der Waals surface area contributed by atoms with Gasteiger partial charge in [-0.1, -0.05) is 12.1 Å². The number of carbonyl (C=O) groups is 1. The van der Waals surface area contributed by atoms with Gasteiger partial charge >= 0.3 is 0 Å². The van der Waals surface area contributed by atoms with Crippen LogP contribution in [-0.2, 0) is 0 Å². The van der Waals surface area contributed by atoms with E-state index >= 15 is 0 Å². The first-order valence-electron chi connectivity index (χ1n) is 9.47. The summed E-state index contributed by atoms with van der Waals surface area (Å²) in [5.74, 6) is 2.10. The van der Waals surface area contributed by atoms with E-state index in [4.69, 9.17) is 9.47 Å². The predicted molar refractivity (Wildman–Crippen MR) is 113 cm³/mol. The minimum Gasteiger partial charge on any atom is -0.494 e. The summed E-state index contributed by atoms with van der Waals surface area (Å²) in [5.41, 5.74) is 1.69. The maximum atomic E-state index is 12.7. The molecular weight excluding hydrogens is 368 g/mol. The van der Waals surface area contributed by atoms with Crippen LogP contribution in [0, 0.1) is 6.92 Å². The Hall–Kier alpha value is -3.61. The number of ether oxygens (including phenoxy) is 2. The first-order valence-corrected chi connectivity index (χ1v) is 9.47. The normalized spacial score (nSPS) is 10.3. The molecule has 3 aromatic rings. The highest BCUT2D eigenvalue weighted by Gasteiger charge is 2.13. The van der Waals surface area contributed by atoms with Gasteiger partial charge in [-0.25, -0.2) is 9.97 Å². The Kier molecular flexibility index (Phi) is 6.63. The van der Waals surface area contributed by atoms with Crippen LogP contribution >= 0.6 is 0 Å². The van der Waals surface area contributed by atoms with Crippen LogP contribution < -0.4 is 20.1 Å². The lowest BCUT2D eigenvalue weighted by Crippen LogP contribution is -2.16. The molecule has 0 fully saturated rings. The number of amides is 1. The third-order valence-corrected chi connectivity index (χ3v) is 3.94. The Balaban J connectivity index is 1.77. The van der Waals surface area contributed by atoms with Crippen LogP contribution in [0.3, 0.4) is 0 Å². The minimum atomic E-state index is -0.336. The van der Waals surface area contributed by atoms with Crippen molar-refractivity contribution in [1.82, 2.24) is 9.97 Å². The van der Waals surface area contributed by atoms with Crippen molar-refractivity contribution in [2.24, 2.45) is 0 Å². The van der Waals surface area contributed by atoms with Crippen molar-refractivity contribution in [3.8, 4) is 11.5 Å². The summed E-state index contributed by atoms with van der Waals surface area (Å²) in [6, 6.07) is 16.4. The number of anilines is 3. The molecule has 0 unspecified atom stereocenters. The van der Waals surface area contributed by atoms with E-state index in [0.29, 0.717) is 36.3 Å². The molecule has 0 aliphatic heterocycles. The van der Waals surface area contributed by atoms with Crippen molar-refractivity contribution in [3.63, 3.8) is 0 Å². The molecule has 0 aliphatic carbocycles. The molecule has 1 amide bonds.